The van der Waals surface area contributed by atoms with Gasteiger partial charge in [-0.25, -0.2) is 0 Å². The molecule has 0 radical (unpaired) electrons. The van der Waals surface area contributed by atoms with E-state index in [1.54, 1.807) is 7.11 Å². The fourth-order valence-corrected chi connectivity index (χ4v) is 1.75. The molecule has 0 bridgehead atoms. The van der Waals surface area contributed by atoms with Crippen LogP contribution in [-0.2, 0) is 14.3 Å². The van der Waals surface area contributed by atoms with E-state index in [9.17, 15) is 4.79 Å². The van der Waals surface area contributed by atoms with Crippen molar-refractivity contribution in [2.45, 2.75) is 12.8 Å². The molecule has 0 saturated carbocycles. The Morgan fingerprint density at radius 2 is 2.21 bits per heavy atom. The van der Waals surface area contributed by atoms with Crippen molar-refractivity contribution >= 4 is 18.4 Å². The van der Waals surface area contributed by atoms with Crippen molar-refractivity contribution in [2.75, 3.05) is 33.9 Å². The molecule has 0 aromatic carbocycles. The van der Waals surface area contributed by atoms with Crippen LogP contribution in [0.5, 0.6) is 0 Å². The highest BCUT2D eigenvalue weighted by Gasteiger charge is 2.41. The molecule has 1 atom stereocenters. The van der Waals surface area contributed by atoms with Crippen molar-refractivity contribution in [3.05, 3.63) is 0 Å². The van der Waals surface area contributed by atoms with E-state index in [4.69, 9.17) is 9.47 Å². The molecule has 0 aromatic heterocycles. The van der Waals surface area contributed by atoms with Gasteiger partial charge < -0.3 is 14.8 Å². The van der Waals surface area contributed by atoms with E-state index in [0.717, 1.165) is 19.4 Å². The Balaban J connectivity index is 0.00000169. The minimum Gasteiger partial charge on any atom is -0.469 e. The summed E-state index contributed by atoms with van der Waals surface area (Å²) in [5, 5.41) is 3.18. The van der Waals surface area contributed by atoms with Crippen LogP contribution in [0, 0.1) is 5.41 Å². The summed E-state index contributed by atoms with van der Waals surface area (Å²) in [6.07, 6.45) is 1.59. The van der Waals surface area contributed by atoms with Gasteiger partial charge in [0.2, 0.25) is 0 Å². The molecule has 1 heterocycles. The van der Waals surface area contributed by atoms with Crippen LogP contribution in [-0.4, -0.2) is 39.9 Å². The van der Waals surface area contributed by atoms with Crippen molar-refractivity contribution in [3.63, 3.8) is 0 Å². The topological polar surface area (TPSA) is 47.6 Å². The molecule has 1 saturated heterocycles. The summed E-state index contributed by atoms with van der Waals surface area (Å²) in [5.41, 5.74) is -0.342. The van der Waals surface area contributed by atoms with Gasteiger partial charge in [-0.05, 0) is 19.4 Å². The second kappa shape index (κ2) is 6.22. The lowest BCUT2D eigenvalue weighted by atomic mass is 9.84. The maximum absolute atomic E-state index is 11.5. The van der Waals surface area contributed by atoms with Gasteiger partial charge in [-0.3, -0.25) is 4.79 Å². The third-order valence-electron chi connectivity index (χ3n) is 2.65. The van der Waals surface area contributed by atoms with Crippen molar-refractivity contribution in [1.82, 2.24) is 5.32 Å². The number of hydrogen-bond donors (Lipinski definition) is 1. The van der Waals surface area contributed by atoms with E-state index in [0.29, 0.717) is 13.2 Å². The summed E-state index contributed by atoms with van der Waals surface area (Å²) in [5.74, 6) is -0.116. The van der Waals surface area contributed by atoms with Crippen molar-refractivity contribution < 1.29 is 14.3 Å². The number of rotatable bonds is 4. The van der Waals surface area contributed by atoms with Gasteiger partial charge in [0.25, 0.3) is 0 Å². The fourth-order valence-electron chi connectivity index (χ4n) is 1.75. The molecule has 1 rings (SSSR count). The predicted molar refractivity (Wildman–Crippen MR) is 55.7 cm³/mol. The van der Waals surface area contributed by atoms with Crippen molar-refractivity contribution in [2.24, 2.45) is 5.41 Å². The maximum Gasteiger partial charge on any atom is 0.313 e. The molecule has 0 spiro atoms. The van der Waals surface area contributed by atoms with Gasteiger partial charge in [-0.2, -0.15) is 0 Å². The Morgan fingerprint density at radius 1 is 1.50 bits per heavy atom. The smallest absolute Gasteiger partial charge is 0.313 e. The summed E-state index contributed by atoms with van der Waals surface area (Å²) in [4.78, 5) is 11.5. The zero-order valence-corrected chi connectivity index (χ0v) is 9.49. The summed E-state index contributed by atoms with van der Waals surface area (Å²) >= 11 is 0. The summed E-state index contributed by atoms with van der Waals surface area (Å²) in [6, 6.07) is 0. The highest BCUT2D eigenvalue weighted by molar-refractivity contribution is 5.85. The number of nitrogens with one attached hydrogen (secondary N) is 1. The van der Waals surface area contributed by atoms with Crippen molar-refractivity contribution in [1.29, 1.82) is 0 Å². The first-order chi connectivity index (χ1) is 6.25. The van der Waals surface area contributed by atoms with Crippen LogP contribution in [0.4, 0.5) is 0 Å². The summed E-state index contributed by atoms with van der Waals surface area (Å²) in [6.45, 7) is 2.21. The number of esters is 1. The molecule has 0 aromatic rings. The molecule has 4 nitrogen and oxygen atoms in total. The van der Waals surface area contributed by atoms with E-state index >= 15 is 0 Å². The molecule has 1 aliphatic heterocycles. The van der Waals surface area contributed by atoms with Crippen LogP contribution in [0.3, 0.4) is 0 Å². The Labute approximate surface area is 90.7 Å². The maximum atomic E-state index is 11.5. The van der Waals surface area contributed by atoms with Gasteiger partial charge in [-0.1, -0.05) is 0 Å². The predicted octanol–water partition coefficient (Wildman–Crippen LogP) is 0.597. The van der Waals surface area contributed by atoms with Gasteiger partial charge in [0, 0.05) is 20.3 Å². The van der Waals surface area contributed by atoms with E-state index in [1.807, 2.05) is 0 Å². The minimum atomic E-state index is -0.342. The lowest BCUT2D eigenvalue weighted by Gasteiger charge is -2.24. The molecular formula is C9H18ClNO3. The zero-order valence-electron chi connectivity index (χ0n) is 8.67. The molecule has 1 fully saturated rings. The summed E-state index contributed by atoms with van der Waals surface area (Å²) in [7, 11) is 3.09. The monoisotopic (exact) mass is 223 g/mol. The highest BCUT2D eigenvalue weighted by Crippen LogP contribution is 2.30. The van der Waals surface area contributed by atoms with E-state index in [2.05, 4.69) is 5.32 Å². The first kappa shape index (κ1) is 13.7. The second-order valence-corrected chi connectivity index (χ2v) is 3.44. The van der Waals surface area contributed by atoms with Crippen LogP contribution in [0.2, 0.25) is 0 Å². The van der Waals surface area contributed by atoms with Crippen LogP contribution < -0.4 is 5.32 Å². The number of hydrogen-bond acceptors (Lipinski definition) is 4. The van der Waals surface area contributed by atoms with E-state index < -0.39 is 0 Å². The molecule has 14 heavy (non-hydrogen) atoms. The first-order valence-corrected chi connectivity index (χ1v) is 4.53. The van der Waals surface area contributed by atoms with Crippen LogP contribution in [0.25, 0.3) is 0 Å². The third kappa shape index (κ3) is 2.83. The largest absolute Gasteiger partial charge is 0.469 e. The number of methoxy groups -OCH3 is 2. The third-order valence-corrected chi connectivity index (χ3v) is 2.65. The molecule has 0 amide bonds. The molecular weight excluding hydrogens is 206 g/mol. The van der Waals surface area contributed by atoms with Crippen molar-refractivity contribution in [3.8, 4) is 0 Å². The molecule has 84 valence electrons. The second-order valence-electron chi connectivity index (χ2n) is 3.44. The number of carbonyl (C=O) groups is 1. The lowest BCUT2D eigenvalue weighted by Crippen LogP contribution is -2.35. The SMILES string of the molecule is COCCC1(C(=O)OC)CCNC1.Cl. The van der Waals surface area contributed by atoms with Crippen LogP contribution in [0.15, 0.2) is 0 Å². The van der Waals surface area contributed by atoms with Gasteiger partial charge in [0.15, 0.2) is 0 Å². The van der Waals surface area contributed by atoms with Gasteiger partial charge >= 0.3 is 5.97 Å². The molecule has 0 aliphatic carbocycles. The average molecular weight is 224 g/mol. The average Bonchev–Trinajstić information content (AvgIpc) is 2.63. The number of halogens is 1. The Morgan fingerprint density at radius 3 is 2.64 bits per heavy atom. The molecule has 1 N–H and O–H groups in total. The van der Waals surface area contributed by atoms with Gasteiger partial charge in [0.05, 0.1) is 12.5 Å². The Hall–Kier alpha value is -0.320. The van der Waals surface area contributed by atoms with Crippen LogP contribution in [0.1, 0.15) is 12.8 Å². The standard InChI is InChI=1S/C9H17NO3.ClH/c1-12-6-4-9(8(11)13-2)3-5-10-7-9;/h10H,3-7H2,1-2H3;1H. The molecule has 5 heteroatoms. The molecule has 1 aliphatic rings. The minimum absolute atomic E-state index is 0. The summed E-state index contributed by atoms with van der Waals surface area (Å²) < 4.78 is 9.79. The zero-order chi connectivity index (χ0) is 9.73. The number of ether oxygens (including phenoxy) is 2. The van der Waals surface area contributed by atoms with Crippen LogP contribution >= 0.6 is 12.4 Å². The Kier molecular flexibility index (Phi) is 6.08. The molecule has 1 unspecified atom stereocenters. The normalized spacial score (nSPS) is 25.6. The van der Waals surface area contributed by atoms with E-state index in [1.165, 1.54) is 7.11 Å². The highest BCUT2D eigenvalue weighted by atomic mass is 35.5. The van der Waals surface area contributed by atoms with E-state index in [-0.39, 0.29) is 23.8 Å². The Bertz CT molecular complexity index is 181. The van der Waals surface area contributed by atoms with Gasteiger partial charge in [0.1, 0.15) is 0 Å². The first-order valence-electron chi connectivity index (χ1n) is 4.53. The lowest BCUT2D eigenvalue weighted by molar-refractivity contribution is -0.152. The fraction of sp³-hybridized carbons (Fsp3) is 0.889. The number of carbonyl (C=O) groups excluding carboxylic acids is 1. The van der Waals surface area contributed by atoms with Gasteiger partial charge in [-0.15, -0.1) is 12.4 Å². The quantitative estimate of drug-likeness (QED) is 0.709.